The van der Waals surface area contributed by atoms with Gasteiger partial charge in [0.15, 0.2) is 5.16 Å². The smallest absolute Gasteiger partial charge is 0.223 e. The minimum Gasteiger partial charge on any atom is -0.439 e. The molecule has 0 saturated carbocycles. The molecule has 0 atom stereocenters. The molecule has 3 aromatic rings. The number of nitrogens with zero attached hydrogens (tertiary/aromatic N) is 3. The van der Waals surface area contributed by atoms with E-state index in [1.165, 1.54) is 5.56 Å². The number of hydrogen-bond acceptors (Lipinski definition) is 5. The molecular formula is C23H23N3OS. The van der Waals surface area contributed by atoms with Crippen LogP contribution in [0.15, 0.2) is 59.8 Å². The summed E-state index contributed by atoms with van der Waals surface area (Å²) in [5.41, 5.74) is 3.91. The third-order valence-corrected chi connectivity index (χ3v) is 5.17. The quantitative estimate of drug-likeness (QED) is 0.360. The SMILES string of the molecule is CCc1cccc(Oc2cc(C(C)C)nc(SCc3cccc(C#N)c3)n2)c1. The van der Waals surface area contributed by atoms with Gasteiger partial charge in [0.05, 0.1) is 17.3 Å². The maximum atomic E-state index is 9.06. The van der Waals surface area contributed by atoms with E-state index in [4.69, 9.17) is 10.00 Å². The molecule has 0 saturated heterocycles. The third kappa shape index (κ3) is 5.34. The van der Waals surface area contributed by atoms with Gasteiger partial charge in [-0.3, -0.25) is 0 Å². The van der Waals surface area contributed by atoms with E-state index in [1.54, 1.807) is 17.8 Å². The van der Waals surface area contributed by atoms with Crippen LogP contribution in [0.2, 0.25) is 0 Å². The van der Waals surface area contributed by atoms with Crippen LogP contribution in [0.4, 0.5) is 0 Å². The Morgan fingerprint density at radius 1 is 1.04 bits per heavy atom. The van der Waals surface area contributed by atoms with Crippen LogP contribution < -0.4 is 4.74 Å². The summed E-state index contributed by atoms with van der Waals surface area (Å²) in [7, 11) is 0. The molecule has 142 valence electrons. The van der Waals surface area contributed by atoms with Crippen molar-refractivity contribution in [3.05, 3.63) is 77.0 Å². The van der Waals surface area contributed by atoms with Crippen LogP contribution in [-0.2, 0) is 12.2 Å². The molecular weight excluding hydrogens is 366 g/mol. The predicted molar refractivity (Wildman–Crippen MR) is 113 cm³/mol. The zero-order valence-electron chi connectivity index (χ0n) is 16.3. The maximum Gasteiger partial charge on any atom is 0.223 e. The molecule has 5 heteroatoms. The first-order chi connectivity index (χ1) is 13.6. The van der Waals surface area contributed by atoms with Crippen LogP contribution in [0.1, 0.15) is 49.1 Å². The van der Waals surface area contributed by atoms with Crippen molar-refractivity contribution in [2.45, 2.75) is 44.0 Å². The molecule has 3 rings (SSSR count). The fourth-order valence-electron chi connectivity index (χ4n) is 2.66. The number of benzene rings is 2. The summed E-state index contributed by atoms with van der Waals surface area (Å²) in [5.74, 6) is 2.31. The first-order valence-electron chi connectivity index (χ1n) is 9.35. The Morgan fingerprint density at radius 2 is 1.82 bits per heavy atom. The molecule has 4 nitrogen and oxygen atoms in total. The van der Waals surface area contributed by atoms with Crippen LogP contribution in [-0.4, -0.2) is 9.97 Å². The van der Waals surface area contributed by atoms with Crippen molar-refractivity contribution in [3.8, 4) is 17.7 Å². The van der Waals surface area contributed by atoms with Crippen LogP contribution in [0, 0.1) is 11.3 Å². The zero-order valence-corrected chi connectivity index (χ0v) is 17.2. The van der Waals surface area contributed by atoms with Crippen molar-refractivity contribution >= 4 is 11.8 Å². The average Bonchev–Trinajstić information content (AvgIpc) is 2.72. The van der Waals surface area contributed by atoms with Crippen molar-refractivity contribution in [1.29, 1.82) is 5.26 Å². The van der Waals surface area contributed by atoms with E-state index < -0.39 is 0 Å². The Kier molecular flexibility index (Phi) is 6.67. The highest BCUT2D eigenvalue weighted by Crippen LogP contribution is 2.28. The Labute approximate surface area is 170 Å². The van der Waals surface area contributed by atoms with Gasteiger partial charge in [0.25, 0.3) is 0 Å². The second-order valence-corrected chi connectivity index (χ2v) is 7.71. The van der Waals surface area contributed by atoms with E-state index >= 15 is 0 Å². The monoisotopic (exact) mass is 389 g/mol. The van der Waals surface area contributed by atoms with E-state index in [0.29, 0.717) is 22.4 Å². The lowest BCUT2D eigenvalue weighted by Crippen LogP contribution is -2.00. The number of aromatic nitrogens is 2. The largest absolute Gasteiger partial charge is 0.439 e. The highest BCUT2D eigenvalue weighted by Gasteiger charge is 2.11. The van der Waals surface area contributed by atoms with Gasteiger partial charge in [-0.25, -0.2) is 4.98 Å². The lowest BCUT2D eigenvalue weighted by atomic mass is 10.1. The molecule has 0 unspecified atom stereocenters. The first-order valence-corrected chi connectivity index (χ1v) is 10.3. The molecule has 1 heterocycles. The van der Waals surface area contributed by atoms with Gasteiger partial charge in [-0.05, 0) is 47.7 Å². The third-order valence-electron chi connectivity index (χ3n) is 4.25. The molecule has 0 spiro atoms. The number of nitriles is 1. The summed E-state index contributed by atoms with van der Waals surface area (Å²) < 4.78 is 6.03. The average molecular weight is 390 g/mol. The van der Waals surface area contributed by atoms with E-state index in [1.807, 2.05) is 42.5 Å². The minimum absolute atomic E-state index is 0.272. The van der Waals surface area contributed by atoms with Gasteiger partial charge in [-0.15, -0.1) is 0 Å². The Bertz CT molecular complexity index is 995. The van der Waals surface area contributed by atoms with E-state index in [2.05, 4.69) is 42.9 Å². The van der Waals surface area contributed by atoms with Crippen molar-refractivity contribution in [1.82, 2.24) is 9.97 Å². The molecule has 0 aliphatic rings. The van der Waals surface area contributed by atoms with Gasteiger partial charge in [0.1, 0.15) is 5.75 Å². The summed E-state index contributed by atoms with van der Waals surface area (Å²) in [6.07, 6.45) is 0.959. The molecule has 2 aromatic carbocycles. The van der Waals surface area contributed by atoms with Gasteiger partial charge in [0.2, 0.25) is 5.88 Å². The number of aryl methyl sites for hydroxylation is 1. The van der Waals surface area contributed by atoms with Crippen molar-refractivity contribution in [2.75, 3.05) is 0 Å². The summed E-state index contributed by atoms with van der Waals surface area (Å²) in [5, 5.41) is 9.74. The molecule has 0 aliphatic heterocycles. The topological polar surface area (TPSA) is 58.8 Å². The Hall–Kier alpha value is -2.84. The zero-order chi connectivity index (χ0) is 19.9. The summed E-state index contributed by atoms with van der Waals surface area (Å²) in [6.45, 7) is 6.33. The van der Waals surface area contributed by atoms with Gasteiger partial charge in [0, 0.05) is 11.8 Å². The molecule has 1 aromatic heterocycles. The second-order valence-electron chi connectivity index (χ2n) is 6.77. The molecule has 28 heavy (non-hydrogen) atoms. The van der Waals surface area contributed by atoms with Gasteiger partial charge in [-0.1, -0.05) is 56.8 Å². The normalized spacial score (nSPS) is 10.7. The molecule has 0 amide bonds. The van der Waals surface area contributed by atoms with Gasteiger partial charge in [-0.2, -0.15) is 10.2 Å². The molecule has 0 aliphatic carbocycles. The van der Waals surface area contributed by atoms with Crippen LogP contribution in [0.25, 0.3) is 0 Å². The highest BCUT2D eigenvalue weighted by molar-refractivity contribution is 7.98. The highest BCUT2D eigenvalue weighted by atomic mass is 32.2. The van der Waals surface area contributed by atoms with Crippen LogP contribution >= 0.6 is 11.8 Å². The Morgan fingerprint density at radius 3 is 2.57 bits per heavy atom. The number of rotatable bonds is 7. The number of hydrogen-bond donors (Lipinski definition) is 0. The van der Waals surface area contributed by atoms with Crippen molar-refractivity contribution < 1.29 is 4.74 Å². The number of thioether (sulfide) groups is 1. The molecule has 0 N–H and O–H groups in total. The standard InChI is InChI=1S/C23H23N3OS/c1-4-17-7-6-10-20(12-17)27-22-13-21(16(2)3)25-23(26-22)28-15-19-9-5-8-18(11-19)14-24/h5-13,16H,4,15H2,1-3H3. The van der Waals surface area contributed by atoms with E-state index in [9.17, 15) is 0 Å². The number of ether oxygens (including phenoxy) is 1. The lowest BCUT2D eigenvalue weighted by molar-refractivity contribution is 0.452. The summed E-state index contributed by atoms with van der Waals surface area (Å²) >= 11 is 1.55. The van der Waals surface area contributed by atoms with E-state index in [-0.39, 0.29) is 5.92 Å². The summed E-state index contributed by atoms with van der Waals surface area (Å²) in [6, 6.07) is 19.8. The van der Waals surface area contributed by atoms with E-state index in [0.717, 1.165) is 23.4 Å². The minimum atomic E-state index is 0.272. The molecule has 0 bridgehead atoms. The second kappa shape index (κ2) is 9.38. The van der Waals surface area contributed by atoms with Crippen molar-refractivity contribution in [3.63, 3.8) is 0 Å². The maximum absolute atomic E-state index is 9.06. The lowest BCUT2D eigenvalue weighted by Gasteiger charge is -2.11. The fourth-order valence-corrected chi connectivity index (χ4v) is 3.46. The Balaban J connectivity index is 1.81. The molecule has 0 fully saturated rings. The summed E-state index contributed by atoms with van der Waals surface area (Å²) in [4.78, 5) is 9.26. The van der Waals surface area contributed by atoms with Gasteiger partial charge < -0.3 is 4.74 Å². The van der Waals surface area contributed by atoms with Crippen molar-refractivity contribution in [2.24, 2.45) is 0 Å². The molecule has 0 radical (unpaired) electrons. The fraction of sp³-hybridized carbons (Fsp3) is 0.261. The first kappa shape index (κ1) is 19.9. The van der Waals surface area contributed by atoms with Gasteiger partial charge >= 0.3 is 0 Å². The van der Waals surface area contributed by atoms with Crippen LogP contribution in [0.3, 0.4) is 0 Å². The van der Waals surface area contributed by atoms with Crippen LogP contribution in [0.5, 0.6) is 11.6 Å². The predicted octanol–water partition coefficient (Wildman–Crippen LogP) is 6.12.